The van der Waals surface area contributed by atoms with E-state index in [9.17, 15) is 9.67 Å². The Balaban J connectivity index is 1.92. The van der Waals surface area contributed by atoms with Crippen LogP contribution in [0.1, 0.15) is 38.2 Å². The van der Waals surface area contributed by atoms with E-state index in [1.807, 2.05) is 35.1 Å². The van der Waals surface area contributed by atoms with Crippen molar-refractivity contribution in [2.45, 2.75) is 51.1 Å². The van der Waals surface area contributed by atoms with E-state index in [-0.39, 0.29) is 0 Å². The molecule has 156 valence electrons. The van der Waals surface area contributed by atoms with Gasteiger partial charge in [-0.2, -0.15) is 0 Å². The molecule has 1 atom stereocenters. The van der Waals surface area contributed by atoms with Crippen LogP contribution in [0.3, 0.4) is 0 Å². The van der Waals surface area contributed by atoms with E-state index < -0.39 is 26.6 Å². The van der Waals surface area contributed by atoms with Gasteiger partial charge in [0.15, 0.2) is 0 Å². The van der Waals surface area contributed by atoms with Crippen molar-refractivity contribution in [3.05, 3.63) is 36.0 Å². The van der Waals surface area contributed by atoms with Crippen molar-refractivity contribution in [1.29, 1.82) is 0 Å². The van der Waals surface area contributed by atoms with Crippen molar-refractivity contribution in [3.8, 4) is 11.3 Å². The zero-order valence-electron chi connectivity index (χ0n) is 16.1. The molecule has 0 spiro atoms. The first-order valence-electron chi connectivity index (χ1n) is 9.34. The smallest absolute Gasteiger partial charge is 0.394 e. The molecule has 0 bridgehead atoms. The molecule has 0 saturated heterocycles. The lowest BCUT2D eigenvalue weighted by molar-refractivity contribution is 0.102. The SMILES string of the molecule is CCCCCn1cc(-c2ccc(CCC(N)(CO)COP(=O)(O)O)cc2)nn1. The van der Waals surface area contributed by atoms with E-state index in [4.69, 9.17) is 15.5 Å². The average Bonchev–Trinajstić information content (AvgIpc) is 3.14. The molecule has 1 unspecified atom stereocenters. The Bertz CT molecular complexity index is 777. The summed E-state index contributed by atoms with van der Waals surface area (Å²) in [5.74, 6) is 0. The molecule has 10 heteroatoms. The number of hydrogen-bond acceptors (Lipinski definition) is 6. The van der Waals surface area contributed by atoms with Gasteiger partial charge >= 0.3 is 7.82 Å². The zero-order valence-corrected chi connectivity index (χ0v) is 17.0. The van der Waals surface area contributed by atoms with Crippen LogP contribution < -0.4 is 5.73 Å². The summed E-state index contributed by atoms with van der Waals surface area (Å²) in [7, 11) is -4.62. The van der Waals surface area contributed by atoms with Gasteiger partial charge in [-0.3, -0.25) is 9.21 Å². The lowest BCUT2D eigenvalue weighted by atomic mass is 9.93. The van der Waals surface area contributed by atoms with Crippen LogP contribution in [-0.4, -0.2) is 48.6 Å². The standard InChI is InChI=1S/C18H29N4O5P/c1-2-3-4-11-22-12-17(20-21-22)16-7-5-15(6-8-16)9-10-18(19,13-23)14-27-28(24,25)26/h5-8,12,23H,2-4,9-11,13-14,19H2,1H3,(H2,24,25,26). The highest BCUT2D eigenvalue weighted by Crippen LogP contribution is 2.36. The highest BCUT2D eigenvalue weighted by Gasteiger charge is 2.28. The van der Waals surface area contributed by atoms with Gasteiger partial charge in [-0.1, -0.05) is 49.2 Å². The van der Waals surface area contributed by atoms with Gasteiger partial charge in [0.05, 0.1) is 24.9 Å². The number of benzene rings is 1. The largest absolute Gasteiger partial charge is 0.469 e. The van der Waals surface area contributed by atoms with Gasteiger partial charge in [0.2, 0.25) is 0 Å². The fourth-order valence-electron chi connectivity index (χ4n) is 2.71. The summed E-state index contributed by atoms with van der Waals surface area (Å²) in [6.45, 7) is 2.16. The average molecular weight is 412 g/mol. The van der Waals surface area contributed by atoms with Crippen molar-refractivity contribution in [2.24, 2.45) is 5.73 Å². The molecule has 2 aromatic rings. The van der Waals surface area contributed by atoms with Gasteiger partial charge in [0.25, 0.3) is 0 Å². The first kappa shape index (κ1) is 22.7. The monoisotopic (exact) mass is 412 g/mol. The minimum absolute atomic E-state index is 0.316. The topological polar surface area (TPSA) is 144 Å². The predicted molar refractivity (Wildman–Crippen MR) is 105 cm³/mol. The normalized spacial score (nSPS) is 14.2. The number of nitrogens with zero attached hydrogens (tertiary/aromatic N) is 3. The maximum atomic E-state index is 10.8. The number of phosphoric acid groups is 1. The van der Waals surface area contributed by atoms with Crippen molar-refractivity contribution in [3.63, 3.8) is 0 Å². The summed E-state index contributed by atoms with van der Waals surface area (Å²) >= 11 is 0. The summed E-state index contributed by atoms with van der Waals surface area (Å²) in [6.07, 6.45) is 6.19. The Morgan fingerprint density at radius 3 is 2.57 bits per heavy atom. The summed E-state index contributed by atoms with van der Waals surface area (Å²) < 4.78 is 17.1. The highest BCUT2D eigenvalue weighted by molar-refractivity contribution is 7.46. The van der Waals surface area contributed by atoms with Crippen LogP contribution in [0.5, 0.6) is 0 Å². The van der Waals surface area contributed by atoms with Crippen molar-refractivity contribution in [2.75, 3.05) is 13.2 Å². The fraction of sp³-hybridized carbons (Fsp3) is 0.556. The summed E-state index contributed by atoms with van der Waals surface area (Å²) in [5.41, 5.74) is 7.51. The van der Waals surface area contributed by atoms with Gasteiger partial charge < -0.3 is 20.6 Å². The number of unbranched alkanes of at least 4 members (excludes halogenated alkanes) is 2. The second-order valence-electron chi connectivity index (χ2n) is 7.06. The molecule has 28 heavy (non-hydrogen) atoms. The molecule has 0 aliphatic rings. The van der Waals surface area contributed by atoms with E-state index in [1.54, 1.807) is 0 Å². The molecule has 1 aromatic heterocycles. The second-order valence-corrected chi connectivity index (χ2v) is 8.29. The first-order valence-corrected chi connectivity index (χ1v) is 10.9. The number of nitrogens with two attached hydrogens (primary N) is 1. The fourth-order valence-corrected chi connectivity index (χ4v) is 3.13. The third-order valence-corrected chi connectivity index (χ3v) is 4.99. The number of aliphatic hydroxyl groups is 1. The molecular weight excluding hydrogens is 383 g/mol. The van der Waals surface area contributed by atoms with Crippen LogP contribution in [0.2, 0.25) is 0 Å². The van der Waals surface area contributed by atoms with E-state index in [0.717, 1.165) is 36.2 Å². The maximum Gasteiger partial charge on any atom is 0.469 e. The number of aryl methyl sites for hydroxylation is 2. The Labute approximate surface area is 164 Å². The number of phosphoric ester groups is 1. The second kappa shape index (κ2) is 10.2. The molecule has 0 aliphatic heterocycles. The van der Waals surface area contributed by atoms with Crippen LogP contribution in [-0.2, 0) is 22.1 Å². The van der Waals surface area contributed by atoms with E-state index in [1.165, 1.54) is 6.42 Å². The van der Waals surface area contributed by atoms with Crippen LogP contribution in [0.25, 0.3) is 11.3 Å². The van der Waals surface area contributed by atoms with E-state index >= 15 is 0 Å². The molecule has 2 rings (SSSR count). The lowest BCUT2D eigenvalue weighted by Gasteiger charge is -2.27. The number of hydrogen-bond donors (Lipinski definition) is 4. The zero-order chi connectivity index (χ0) is 20.6. The molecule has 1 heterocycles. The predicted octanol–water partition coefficient (Wildman–Crippen LogP) is 1.87. The number of aromatic nitrogens is 3. The van der Waals surface area contributed by atoms with Crippen LogP contribution >= 0.6 is 7.82 Å². The van der Waals surface area contributed by atoms with Gasteiger partial charge in [-0.15, -0.1) is 5.10 Å². The van der Waals surface area contributed by atoms with Gasteiger partial charge in [-0.25, -0.2) is 4.57 Å². The van der Waals surface area contributed by atoms with Gasteiger partial charge in [0.1, 0.15) is 5.69 Å². The van der Waals surface area contributed by atoms with Crippen molar-refractivity contribution < 1.29 is 24.0 Å². The minimum atomic E-state index is -4.62. The van der Waals surface area contributed by atoms with Gasteiger partial charge in [-0.05, 0) is 24.8 Å². The summed E-state index contributed by atoms with van der Waals surface area (Å²) in [5, 5.41) is 17.8. The molecule has 0 aliphatic carbocycles. The molecule has 0 amide bonds. The van der Waals surface area contributed by atoms with Crippen molar-refractivity contribution in [1.82, 2.24) is 15.0 Å². The number of rotatable bonds is 12. The molecule has 5 N–H and O–H groups in total. The summed E-state index contributed by atoms with van der Waals surface area (Å²) in [4.78, 5) is 17.6. The third kappa shape index (κ3) is 7.43. The Kier molecular flexibility index (Phi) is 8.30. The molecule has 9 nitrogen and oxygen atoms in total. The van der Waals surface area contributed by atoms with Crippen LogP contribution in [0.4, 0.5) is 0 Å². The Morgan fingerprint density at radius 1 is 1.25 bits per heavy atom. The van der Waals surface area contributed by atoms with Crippen LogP contribution in [0.15, 0.2) is 30.5 Å². The van der Waals surface area contributed by atoms with Crippen LogP contribution in [0, 0.1) is 0 Å². The molecule has 0 saturated carbocycles. The van der Waals surface area contributed by atoms with Crippen molar-refractivity contribution >= 4 is 7.82 Å². The lowest BCUT2D eigenvalue weighted by Crippen LogP contribution is -2.48. The van der Waals surface area contributed by atoms with E-state index in [0.29, 0.717) is 12.8 Å². The molecule has 0 fully saturated rings. The minimum Gasteiger partial charge on any atom is -0.394 e. The maximum absolute atomic E-state index is 10.8. The molecule has 0 radical (unpaired) electrons. The molecule has 1 aromatic carbocycles. The Morgan fingerprint density at radius 2 is 1.96 bits per heavy atom. The van der Waals surface area contributed by atoms with E-state index in [2.05, 4.69) is 21.8 Å². The highest BCUT2D eigenvalue weighted by atomic mass is 31.2. The third-order valence-electron chi connectivity index (χ3n) is 4.53. The first-order chi connectivity index (χ1) is 13.2. The number of aliphatic hydroxyl groups excluding tert-OH is 1. The Hall–Kier alpha value is -1.61. The quantitative estimate of drug-likeness (QED) is 0.305. The van der Waals surface area contributed by atoms with Gasteiger partial charge in [0, 0.05) is 12.1 Å². The molecular formula is C18H29N4O5P. The summed E-state index contributed by atoms with van der Waals surface area (Å²) in [6, 6.07) is 7.76.